The molecule has 8 heteroatoms. The van der Waals surface area contributed by atoms with Crippen molar-refractivity contribution in [2.75, 3.05) is 25.0 Å². The molecular formula is C24H29Cl2N5O. The summed E-state index contributed by atoms with van der Waals surface area (Å²) in [6, 6.07) is 15.4. The van der Waals surface area contributed by atoms with Gasteiger partial charge in [-0.1, -0.05) is 41.4 Å². The monoisotopic (exact) mass is 473 g/mol. The zero-order chi connectivity index (χ0) is 22.4. The average molecular weight is 474 g/mol. The Kier molecular flexibility index (Phi) is 7.58. The molecule has 2 aromatic rings. The molecule has 4 N–H and O–H groups in total. The van der Waals surface area contributed by atoms with Crippen molar-refractivity contribution >= 4 is 35.1 Å². The number of para-hydroxylation sites is 1. The van der Waals surface area contributed by atoms with Gasteiger partial charge in [0.25, 0.3) is 0 Å². The number of piperidine rings is 1. The van der Waals surface area contributed by atoms with Gasteiger partial charge in [-0.3, -0.25) is 10.7 Å². The van der Waals surface area contributed by atoms with Gasteiger partial charge in [0, 0.05) is 37.5 Å². The minimum atomic E-state index is -0.791. The number of allylic oxidation sites excluding steroid dienone is 1. The van der Waals surface area contributed by atoms with E-state index in [0.717, 1.165) is 62.6 Å². The van der Waals surface area contributed by atoms with Gasteiger partial charge in [-0.25, -0.2) is 0 Å². The van der Waals surface area contributed by atoms with E-state index in [-0.39, 0.29) is 6.10 Å². The first-order chi connectivity index (χ1) is 15.5. The number of benzene rings is 2. The number of anilines is 1. The lowest BCUT2D eigenvalue weighted by Gasteiger charge is -2.34. The topological polar surface area (TPSA) is 74.9 Å². The lowest BCUT2D eigenvalue weighted by molar-refractivity contribution is 0.0981. The van der Waals surface area contributed by atoms with E-state index in [2.05, 4.69) is 20.5 Å². The van der Waals surface area contributed by atoms with Gasteiger partial charge in [0.2, 0.25) is 0 Å². The van der Waals surface area contributed by atoms with Crippen LogP contribution < -0.4 is 21.1 Å². The zero-order valence-electron chi connectivity index (χ0n) is 17.9. The summed E-state index contributed by atoms with van der Waals surface area (Å²) in [6.45, 7) is 2.99. The van der Waals surface area contributed by atoms with Crippen molar-refractivity contribution in [3.8, 4) is 5.75 Å². The summed E-state index contributed by atoms with van der Waals surface area (Å²) in [5, 5.41) is 7.74. The molecule has 1 saturated heterocycles. The van der Waals surface area contributed by atoms with Gasteiger partial charge in [0.1, 0.15) is 17.7 Å². The number of nitrogens with zero attached hydrogens (tertiary/aromatic N) is 2. The van der Waals surface area contributed by atoms with E-state index in [9.17, 15) is 0 Å². The minimum absolute atomic E-state index is 0.200. The van der Waals surface area contributed by atoms with Gasteiger partial charge in [-0.2, -0.15) is 0 Å². The van der Waals surface area contributed by atoms with Crippen LogP contribution in [-0.2, 0) is 0 Å². The normalized spacial score (nSPS) is 21.7. The highest BCUT2D eigenvalue weighted by Crippen LogP contribution is 2.28. The molecule has 2 aliphatic heterocycles. The van der Waals surface area contributed by atoms with Crippen molar-refractivity contribution in [1.82, 2.24) is 10.2 Å². The largest absolute Gasteiger partial charge is 0.490 e. The first-order valence-corrected chi connectivity index (χ1v) is 11.7. The Bertz CT molecular complexity index is 960. The van der Waals surface area contributed by atoms with Crippen LogP contribution in [0.2, 0.25) is 10.0 Å². The quantitative estimate of drug-likeness (QED) is 0.510. The van der Waals surface area contributed by atoms with Crippen LogP contribution in [0.5, 0.6) is 5.75 Å². The number of halogens is 2. The maximum absolute atomic E-state index is 6.50. The van der Waals surface area contributed by atoms with E-state index < -0.39 is 5.79 Å². The second-order valence-electron chi connectivity index (χ2n) is 8.24. The Hall–Kier alpha value is -2.25. The first-order valence-electron chi connectivity index (χ1n) is 11.0. The summed E-state index contributed by atoms with van der Waals surface area (Å²) < 4.78 is 6.08. The number of ether oxygens (including phenoxy) is 1. The Morgan fingerprint density at radius 3 is 2.66 bits per heavy atom. The fourth-order valence-corrected chi connectivity index (χ4v) is 4.28. The number of likely N-dealkylation sites (tertiary alicyclic amines) is 1. The molecule has 170 valence electrons. The molecule has 32 heavy (non-hydrogen) atoms. The molecule has 2 aromatic carbocycles. The molecule has 0 aliphatic carbocycles. The SMILES string of the molecule is NC1(CCCN2CCC(Oc3ccc(Cl)c(Cl)c3)CC2)N=CC=C(Nc2ccccc2)N1. The fraction of sp³-hybridized carbons (Fsp3) is 0.375. The standard InChI is InChI=1S/C24H29Cl2N5O/c25-21-8-7-20(17-22(21)26)32-19-10-15-31(16-11-19)14-4-12-24(27)28-13-9-23(30-24)29-18-5-2-1-3-6-18/h1-3,5-9,13,17,19,29-30H,4,10-12,14-16,27H2. The Balaban J connectivity index is 1.18. The summed E-state index contributed by atoms with van der Waals surface area (Å²) in [6.07, 6.45) is 7.54. The third-order valence-electron chi connectivity index (χ3n) is 5.71. The van der Waals surface area contributed by atoms with Crippen molar-refractivity contribution in [2.45, 2.75) is 37.6 Å². The lowest BCUT2D eigenvalue weighted by atomic mass is 10.1. The molecule has 1 unspecified atom stereocenters. The minimum Gasteiger partial charge on any atom is -0.490 e. The van der Waals surface area contributed by atoms with Gasteiger partial charge in [0.05, 0.1) is 10.0 Å². The summed E-state index contributed by atoms with van der Waals surface area (Å²) in [5.74, 6) is 0.840. The van der Waals surface area contributed by atoms with Crippen LogP contribution in [0.1, 0.15) is 25.7 Å². The summed E-state index contributed by atoms with van der Waals surface area (Å²) in [4.78, 5) is 6.94. The molecule has 0 radical (unpaired) electrons. The highest BCUT2D eigenvalue weighted by Gasteiger charge is 2.27. The Morgan fingerprint density at radius 1 is 1.12 bits per heavy atom. The van der Waals surface area contributed by atoms with E-state index >= 15 is 0 Å². The zero-order valence-corrected chi connectivity index (χ0v) is 19.4. The highest BCUT2D eigenvalue weighted by atomic mass is 35.5. The van der Waals surface area contributed by atoms with Crippen molar-refractivity contribution in [1.29, 1.82) is 0 Å². The summed E-state index contributed by atoms with van der Waals surface area (Å²) in [7, 11) is 0. The maximum atomic E-state index is 6.50. The molecule has 0 amide bonds. The number of hydrogen-bond donors (Lipinski definition) is 3. The summed E-state index contributed by atoms with van der Waals surface area (Å²) >= 11 is 12.1. The van der Waals surface area contributed by atoms with Crippen molar-refractivity contribution < 1.29 is 4.74 Å². The van der Waals surface area contributed by atoms with Crippen molar-refractivity contribution in [2.24, 2.45) is 10.7 Å². The predicted octanol–water partition coefficient (Wildman–Crippen LogP) is 4.86. The Labute approximate surface area is 199 Å². The van der Waals surface area contributed by atoms with Crippen LogP contribution in [0.25, 0.3) is 0 Å². The highest BCUT2D eigenvalue weighted by molar-refractivity contribution is 6.42. The van der Waals surface area contributed by atoms with Crippen LogP contribution in [0.15, 0.2) is 65.4 Å². The predicted molar refractivity (Wildman–Crippen MR) is 132 cm³/mol. The van der Waals surface area contributed by atoms with Crippen LogP contribution in [-0.4, -0.2) is 42.6 Å². The Morgan fingerprint density at radius 2 is 1.91 bits per heavy atom. The lowest BCUT2D eigenvalue weighted by Crippen LogP contribution is -2.54. The van der Waals surface area contributed by atoms with Crippen LogP contribution in [0.3, 0.4) is 0 Å². The second kappa shape index (κ2) is 10.6. The second-order valence-corrected chi connectivity index (χ2v) is 9.05. The van der Waals surface area contributed by atoms with Gasteiger partial charge in [-0.05, 0) is 56.1 Å². The number of hydrogen-bond acceptors (Lipinski definition) is 6. The number of rotatable bonds is 8. The molecule has 4 rings (SSSR count). The van der Waals surface area contributed by atoms with Gasteiger partial charge in [0.15, 0.2) is 5.79 Å². The van der Waals surface area contributed by atoms with E-state index in [1.165, 1.54) is 0 Å². The number of aliphatic imine (C=N–C) groups is 1. The van der Waals surface area contributed by atoms with Gasteiger partial charge in [-0.15, -0.1) is 0 Å². The van der Waals surface area contributed by atoms with Crippen molar-refractivity contribution in [3.05, 3.63) is 70.5 Å². The molecule has 1 atom stereocenters. The molecule has 0 aromatic heterocycles. The maximum Gasteiger partial charge on any atom is 0.183 e. The average Bonchev–Trinajstić information content (AvgIpc) is 2.78. The molecule has 0 spiro atoms. The summed E-state index contributed by atoms with van der Waals surface area (Å²) in [5.41, 5.74) is 7.51. The third kappa shape index (κ3) is 6.39. The molecule has 6 nitrogen and oxygen atoms in total. The van der Waals surface area contributed by atoms with Crippen LogP contribution in [0, 0.1) is 0 Å². The van der Waals surface area contributed by atoms with Gasteiger partial charge < -0.3 is 20.3 Å². The third-order valence-corrected chi connectivity index (χ3v) is 6.45. The number of nitrogens with one attached hydrogen (secondary N) is 2. The van der Waals surface area contributed by atoms with Crippen LogP contribution >= 0.6 is 23.2 Å². The van der Waals surface area contributed by atoms with Crippen LogP contribution in [0.4, 0.5) is 5.69 Å². The molecular weight excluding hydrogens is 445 g/mol. The van der Waals surface area contributed by atoms with E-state index in [0.29, 0.717) is 10.0 Å². The molecule has 0 bridgehead atoms. The van der Waals surface area contributed by atoms with Crippen molar-refractivity contribution in [3.63, 3.8) is 0 Å². The molecule has 1 fully saturated rings. The van der Waals surface area contributed by atoms with E-state index in [4.69, 9.17) is 33.7 Å². The van der Waals surface area contributed by atoms with E-state index in [1.54, 1.807) is 18.3 Å². The molecule has 0 saturated carbocycles. The van der Waals surface area contributed by atoms with E-state index in [1.807, 2.05) is 42.5 Å². The molecule has 2 aliphatic rings. The smallest absolute Gasteiger partial charge is 0.183 e. The number of nitrogens with two attached hydrogens (primary N) is 1. The first kappa shape index (κ1) is 22.9. The van der Waals surface area contributed by atoms with Gasteiger partial charge >= 0.3 is 0 Å². The fourth-order valence-electron chi connectivity index (χ4n) is 3.99. The molecule has 2 heterocycles.